The lowest BCUT2D eigenvalue weighted by molar-refractivity contribution is -0.112. The minimum Gasteiger partial charge on any atom is -0.355 e. The minimum absolute atomic E-state index is 0.0712. The Morgan fingerprint density at radius 2 is 0.827 bits per heavy atom. The van der Waals surface area contributed by atoms with E-state index in [1.54, 1.807) is 0 Å². The van der Waals surface area contributed by atoms with Crippen LogP contribution in [0.3, 0.4) is 0 Å². The van der Waals surface area contributed by atoms with Gasteiger partial charge in [-0.05, 0) is 40.5 Å². The van der Waals surface area contributed by atoms with Gasteiger partial charge in [0.1, 0.15) is 0 Å². The number of H-pyrrole nitrogens is 2. The van der Waals surface area contributed by atoms with Crippen molar-refractivity contribution in [3.63, 3.8) is 0 Å². The lowest BCUT2D eigenvalue weighted by atomic mass is 9.85. The van der Waals surface area contributed by atoms with Gasteiger partial charge in [0.05, 0.1) is 56.1 Å². The van der Waals surface area contributed by atoms with Crippen molar-refractivity contribution in [3.8, 4) is 0 Å². The molecule has 250 valence electrons. The van der Waals surface area contributed by atoms with Crippen molar-refractivity contribution in [1.29, 1.82) is 0 Å². The molecule has 8 unspecified atom stereocenters. The molecule has 13 heterocycles. The first-order chi connectivity index (χ1) is 25.4. The molecule has 3 aromatic rings. The Morgan fingerprint density at radius 1 is 0.404 bits per heavy atom. The van der Waals surface area contributed by atoms with Gasteiger partial charge in [-0.1, -0.05) is 95.7 Å². The third-order valence-corrected chi connectivity index (χ3v) is 16.2. The molecule has 4 aliphatic carbocycles. The van der Waals surface area contributed by atoms with E-state index in [0.717, 1.165) is 66.6 Å². The van der Waals surface area contributed by atoms with Gasteiger partial charge in [-0.2, -0.15) is 0 Å². The van der Waals surface area contributed by atoms with E-state index in [0.29, 0.717) is 23.0 Å². The largest absolute Gasteiger partial charge is 0.355 e. The summed E-state index contributed by atoms with van der Waals surface area (Å²) in [6.07, 6.45) is 16.3. The SMILES string of the molecule is O=C1SC2C=CC1C1=C2c2nc1cc1[nH]c(cc3[nH]c(cc4nc(n2)C2=C4C4C=CC2C(=O)S4)c2c3C3C=CC2C(=O)S3)c2c1C1C=CC2C(=O)S1. The van der Waals surface area contributed by atoms with Crippen molar-refractivity contribution >= 4 is 112 Å². The van der Waals surface area contributed by atoms with Gasteiger partial charge in [0.2, 0.25) is 20.5 Å². The molecule has 0 saturated carbocycles. The second kappa shape index (κ2) is 9.75. The molecule has 2 N–H and O–H groups in total. The maximum absolute atomic E-state index is 13.4. The Balaban J connectivity index is 1.20. The first-order valence-electron chi connectivity index (χ1n) is 17.1. The number of fused-ring (bicyclic) bond motifs is 12. The maximum Gasteiger partial charge on any atom is 0.201 e. The topological polar surface area (TPSA) is 139 Å². The normalized spacial score (nSPS) is 32.0. The zero-order valence-corrected chi connectivity index (χ0v) is 29.8. The van der Waals surface area contributed by atoms with E-state index < -0.39 is 23.7 Å². The fraction of sp³-hybridized carbons (Fsp3) is 0.205. The Kier molecular flexibility index (Phi) is 5.45. The highest BCUT2D eigenvalue weighted by molar-refractivity contribution is 8.15. The zero-order chi connectivity index (χ0) is 34.3. The van der Waals surface area contributed by atoms with Crippen molar-refractivity contribution in [2.24, 2.45) is 11.8 Å². The quantitative estimate of drug-likeness (QED) is 0.227. The number of aromatic amines is 2. The third-order valence-electron chi connectivity index (χ3n) is 11.7. The summed E-state index contributed by atoms with van der Waals surface area (Å²) >= 11 is 5.30. The molecule has 8 atom stereocenters. The number of aromatic nitrogens is 5. The summed E-state index contributed by atoms with van der Waals surface area (Å²) < 4.78 is 0. The summed E-state index contributed by atoms with van der Waals surface area (Å²) in [7, 11) is 0. The highest BCUT2D eigenvalue weighted by Crippen LogP contribution is 2.57. The Morgan fingerprint density at radius 3 is 1.42 bits per heavy atom. The Hall–Kier alpha value is -4.43. The average Bonchev–Trinajstić information content (AvgIpc) is 3.90. The molecule has 0 spiro atoms. The van der Waals surface area contributed by atoms with Crippen LogP contribution >= 0.6 is 47.0 Å². The van der Waals surface area contributed by atoms with Crippen LogP contribution in [0.15, 0.2) is 66.8 Å². The summed E-state index contributed by atoms with van der Waals surface area (Å²) in [6, 6.07) is 6.15. The van der Waals surface area contributed by atoms with Gasteiger partial charge < -0.3 is 9.97 Å². The van der Waals surface area contributed by atoms with Gasteiger partial charge in [0.15, 0.2) is 11.6 Å². The number of nitrogens with zero attached hydrogens (tertiary/aromatic N) is 3. The van der Waals surface area contributed by atoms with Crippen molar-refractivity contribution in [3.05, 3.63) is 112 Å². The van der Waals surface area contributed by atoms with E-state index in [2.05, 4.69) is 40.3 Å². The zero-order valence-electron chi connectivity index (χ0n) is 26.6. The van der Waals surface area contributed by atoms with Crippen LogP contribution < -0.4 is 0 Å². The monoisotopic (exact) mass is 751 g/mol. The van der Waals surface area contributed by atoms with Crippen LogP contribution in [0.5, 0.6) is 0 Å². The predicted octanol–water partition coefficient (Wildman–Crippen LogP) is 7.12. The Labute approximate surface area is 311 Å². The maximum atomic E-state index is 13.4. The van der Waals surface area contributed by atoms with E-state index in [4.69, 9.17) is 15.0 Å². The van der Waals surface area contributed by atoms with Gasteiger partial charge in [-0.25, -0.2) is 15.0 Å². The molecule has 52 heavy (non-hydrogen) atoms. The second-order valence-electron chi connectivity index (χ2n) is 14.3. The van der Waals surface area contributed by atoms with Crippen LogP contribution in [0.2, 0.25) is 0 Å². The molecular formula is C39H21N5O4S4. The lowest BCUT2D eigenvalue weighted by Crippen LogP contribution is -2.27. The summed E-state index contributed by atoms with van der Waals surface area (Å²) in [4.78, 5) is 76.4. The van der Waals surface area contributed by atoms with Crippen molar-refractivity contribution in [2.45, 2.75) is 32.8 Å². The van der Waals surface area contributed by atoms with E-state index in [-0.39, 0.29) is 41.5 Å². The molecular weight excluding hydrogens is 731 g/mol. The standard InChI is InChI=1S/C39H21N5O4S4/c45-36-12-1-6-23(50-36)31-20-11-18-28-14-3-8-25(52-38(14)47)33(28)35(42-18)44-34-29-15-4-7-24(51-39(15)48)32(29)21(43-34)10-17-27-13-2-5-22(49-37(13)46)30(27)19(41-17)9-16(40-20)26(12)31/h1-15,22-25,40-41H. The van der Waals surface area contributed by atoms with Crippen LogP contribution in [0.4, 0.5) is 0 Å². The molecule has 0 aromatic carbocycles. The molecule has 10 aliphatic heterocycles. The number of carbonyl (C=O) groups excluding carboxylic acids is 4. The van der Waals surface area contributed by atoms with Crippen LogP contribution in [-0.4, -0.2) is 55.9 Å². The van der Waals surface area contributed by atoms with Crippen LogP contribution in [0, 0.1) is 11.8 Å². The second-order valence-corrected chi connectivity index (χ2v) is 18.9. The van der Waals surface area contributed by atoms with Crippen molar-refractivity contribution < 1.29 is 19.2 Å². The molecule has 0 fully saturated rings. The Bertz CT molecular complexity index is 2800. The first kappa shape index (κ1) is 29.1. The fourth-order valence-corrected chi connectivity index (χ4v) is 14.1. The molecule has 9 nitrogen and oxygen atoms in total. The summed E-state index contributed by atoms with van der Waals surface area (Å²) in [5, 5.41) is -0.358. The van der Waals surface area contributed by atoms with Crippen LogP contribution in [0.1, 0.15) is 67.6 Å². The average molecular weight is 752 g/mol. The summed E-state index contributed by atoms with van der Waals surface area (Å²) in [5.41, 5.74) is 12.3. The van der Waals surface area contributed by atoms with Gasteiger partial charge in [-0.3, -0.25) is 19.2 Å². The van der Waals surface area contributed by atoms with E-state index in [1.165, 1.54) is 47.0 Å². The smallest absolute Gasteiger partial charge is 0.201 e. The van der Waals surface area contributed by atoms with Crippen molar-refractivity contribution in [1.82, 2.24) is 24.9 Å². The number of hydrogen-bond acceptors (Lipinski definition) is 11. The highest BCUT2D eigenvalue weighted by atomic mass is 32.2. The van der Waals surface area contributed by atoms with Gasteiger partial charge in [-0.15, -0.1) is 0 Å². The highest BCUT2D eigenvalue weighted by Gasteiger charge is 2.47. The molecule has 3 aromatic heterocycles. The van der Waals surface area contributed by atoms with Gasteiger partial charge in [0.25, 0.3) is 0 Å². The number of hydrogen-bond donors (Lipinski definition) is 2. The molecule has 14 aliphatic rings. The van der Waals surface area contributed by atoms with Crippen LogP contribution in [-0.2, 0) is 19.2 Å². The molecule has 17 rings (SSSR count). The molecule has 0 saturated heterocycles. The van der Waals surface area contributed by atoms with E-state index in [9.17, 15) is 19.2 Å². The van der Waals surface area contributed by atoms with Crippen LogP contribution in [0.25, 0.3) is 44.4 Å². The van der Waals surface area contributed by atoms with Gasteiger partial charge in [0, 0.05) is 44.4 Å². The predicted molar refractivity (Wildman–Crippen MR) is 205 cm³/mol. The molecule has 13 heteroatoms. The number of thioether (sulfide) groups is 4. The fourth-order valence-electron chi connectivity index (χ4n) is 9.58. The van der Waals surface area contributed by atoms with Gasteiger partial charge >= 0.3 is 0 Å². The number of nitrogens with one attached hydrogen (secondary N) is 2. The van der Waals surface area contributed by atoms with Crippen molar-refractivity contribution in [2.75, 3.05) is 0 Å². The lowest BCUT2D eigenvalue weighted by Gasteiger charge is -2.31. The first-order valence-corrected chi connectivity index (χ1v) is 20.6. The molecule has 0 amide bonds. The summed E-state index contributed by atoms with van der Waals surface area (Å²) in [6.45, 7) is 0. The third kappa shape index (κ3) is 3.56. The van der Waals surface area contributed by atoms with E-state index in [1.807, 2.05) is 36.4 Å². The number of carbonyl (C=O) groups is 4. The minimum atomic E-state index is -0.477. The summed E-state index contributed by atoms with van der Waals surface area (Å²) in [5.74, 6) is -0.755. The number of allylic oxidation sites excluding steroid dienone is 6. The van der Waals surface area contributed by atoms with E-state index >= 15 is 0 Å². The number of rotatable bonds is 0. The molecule has 0 radical (unpaired) electrons. The molecule has 16 bridgehead atoms.